The number of halogens is 2. The molecule has 0 heterocycles. The second kappa shape index (κ2) is 8.69. The lowest BCUT2D eigenvalue weighted by molar-refractivity contribution is -0.123. The molecule has 0 aliphatic heterocycles. The predicted molar refractivity (Wildman–Crippen MR) is 99.8 cm³/mol. The van der Waals surface area contributed by atoms with E-state index in [1.807, 2.05) is 19.9 Å². The molecule has 0 unspecified atom stereocenters. The van der Waals surface area contributed by atoms with Crippen LogP contribution in [-0.2, 0) is 9.53 Å². The molecule has 3 amide bonds. The van der Waals surface area contributed by atoms with Gasteiger partial charge in [0.25, 0.3) is 5.91 Å². The summed E-state index contributed by atoms with van der Waals surface area (Å²) < 4.78 is 4.85. The summed E-state index contributed by atoms with van der Waals surface area (Å²) >= 11 is 11.7. The third kappa shape index (κ3) is 4.97. The summed E-state index contributed by atoms with van der Waals surface area (Å²) in [6.45, 7) is 3.12. The molecule has 0 fully saturated rings. The molecule has 0 aliphatic rings. The first-order chi connectivity index (χ1) is 12.3. The Morgan fingerprint density at radius 2 is 1.73 bits per heavy atom. The Bertz CT molecular complexity index is 868. The van der Waals surface area contributed by atoms with Crippen molar-refractivity contribution in [1.29, 1.82) is 0 Å². The van der Waals surface area contributed by atoms with E-state index in [9.17, 15) is 14.4 Å². The molecule has 2 N–H and O–H groups in total. The number of benzene rings is 2. The molecule has 6 nitrogen and oxygen atoms in total. The van der Waals surface area contributed by atoms with Gasteiger partial charge in [-0.1, -0.05) is 41.4 Å². The van der Waals surface area contributed by atoms with Crippen molar-refractivity contribution in [3.05, 3.63) is 63.1 Å². The fraction of sp³-hybridized carbons (Fsp3) is 0.167. The van der Waals surface area contributed by atoms with Gasteiger partial charge in [0.2, 0.25) is 0 Å². The lowest BCUT2D eigenvalue weighted by Gasteiger charge is -2.11. The number of carbonyl (C=O) groups is 3. The highest BCUT2D eigenvalue weighted by Crippen LogP contribution is 2.26. The summed E-state index contributed by atoms with van der Waals surface area (Å²) in [5.74, 6) is -1.60. The second-order valence-corrected chi connectivity index (χ2v) is 6.21. The van der Waals surface area contributed by atoms with E-state index in [0.717, 1.165) is 11.1 Å². The first kappa shape index (κ1) is 19.8. The molecule has 0 atom stereocenters. The van der Waals surface area contributed by atoms with E-state index in [1.165, 1.54) is 18.2 Å². The van der Waals surface area contributed by atoms with Crippen LogP contribution in [0, 0.1) is 13.8 Å². The van der Waals surface area contributed by atoms with Crippen molar-refractivity contribution in [1.82, 2.24) is 5.32 Å². The maximum atomic E-state index is 11.9. The number of urea groups is 1. The fourth-order valence-corrected chi connectivity index (χ4v) is 2.45. The largest absolute Gasteiger partial charge is 0.452 e. The van der Waals surface area contributed by atoms with Gasteiger partial charge >= 0.3 is 12.0 Å². The molecule has 0 radical (unpaired) electrons. The fourth-order valence-electron chi connectivity index (χ4n) is 2.07. The average Bonchev–Trinajstić information content (AvgIpc) is 2.59. The number of hydrogen-bond acceptors (Lipinski definition) is 4. The molecule has 0 bridgehead atoms. The summed E-state index contributed by atoms with van der Waals surface area (Å²) in [5.41, 5.74) is 2.50. The van der Waals surface area contributed by atoms with Crippen LogP contribution in [0.15, 0.2) is 36.4 Å². The van der Waals surface area contributed by atoms with Crippen molar-refractivity contribution in [3.8, 4) is 0 Å². The summed E-state index contributed by atoms with van der Waals surface area (Å²) in [7, 11) is 0. The zero-order chi connectivity index (χ0) is 19.3. The van der Waals surface area contributed by atoms with Crippen LogP contribution in [0.2, 0.25) is 10.0 Å². The van der Waals surface area contributed by atoms with Crippen molar-refractivity contribution in [2.24, 2.45) is 0 Å². The Balaban J connectivity index is 1.88. The zero-order valence-electron chi connectivity index (χ0n) is 14.1. The van der Waals surface area contributed by atoms with Crippen molar-refractivity contribution in [2.45, 2.75) is 13.8 Å². The maximum Gasteiger partial charge on any atom is 0.340 e. The van der Waals surface area contributed by atoms with E-state index in [2.05, 4.69) is 10.6 Å². The number of ether oxygens (including phenoxy) is 1. The molecule has 136 valence electrons. The van der Waals surface area contributed by atoms with Gasteiger partial charge in [0, 0.05) is 5.69 Å². The lowest BCUT2D eigenvalue weighted by Crippen LogP contribution is -2.37. The third-order valence-electron chi connectivity index (χ3n) is 3.61. The van der Waals surface area contributed by atoms with Crippen LogP contribution in [-0.4, -0.2) is 24.5 Å². The Kier molecular flexibility index (Phi) is 6.60. The number of rotatable bonds is 4. The number of imide groups is 1. The van der Waals surface area contributed by atoms with Gasteiger partial charge in [0.1, 0.15) is 0 Å². The van der Waals surface area contributed by atoms with Crippen molar-refractivity contribution in [3.63, 3.8) is 0 Å². The van der Waals surface area contributed by atoms with E-state index in [4.69, 9.17) is 27.9 Å². The molecule has 0 saturated carbocycles. The minimum absolute atomic E-state index is 0.0341. The first-order valence-corrected chi connectivity index (χ1v) is 8.33. The number of anilines is 1. The summed E-state index contributed by atoms with van der Waals surface area (Å²) in [5, 5.41) is 4.88. The van der Waals surface area contributed by atoms with Crippen molar-refractivity contribution in [2.75, 3.05) is 11.9 Å². The normalized spacial score (nSPS) is 10.2. The maximum absolute atomic E-state index is 11.9. The number of esters is 1. The molecule has 2 rings (SSSR count). The van der Waals surface area contributed by atoms with Crippen LogP contribution in [0.4, 0.5) is 10.5 Å². The molecule has 26 heavy (non-hydrogen) atoms. The summed E-state index contributed by atoms with van der Waals surface area (Å²) in [6.07, 6.45) is 0. The first-order valence-electron chi connectivity index (χ1n) is 7.57. The van der Waals surface area contributed by atoms with Crippen LogP contribution < -0.4 is 10.6 Å². The van der Waals surface area contributed by atoms with Gasteiger partial charge in [-0.3, -0.25) is 10.1 Å². The predicted octanol–water partition coefficient (Wildman–Crippen LogP) is 4.12. The van der Waals surface area contributed by atoms with Gasteiger partial charge in [-0.2, -0.15) is 0 Å². The van der Waals surface area contributed by atoms with Gasteiger partial charge in [-0.15, -0.1) is 0 Å². The zero-order valence-corrected chi connectivity index (χ0v) is 15.6. The number of nitrogens with one attached hydrogen (secondary N) is 2. The molecular weight excluding hydrogens is 379 g/mol. The minimum atomic E-state index is -0.817. The molecule has 0 spiro atoms. The standard InChI is InChI=1S/C18H16Cl2N2O4/c1-10-5-3-8-14(11(10)2)21-18(25)22-15(23)9-26-17(24)12-6-4-7-13(19)16(12)20/h3-8H,9H2,1-2H3,(H2,21,22,23,25). The van der Waals surface area contributed by atoms with E-state index in [-0.39, 0.29) is 15.6 Å². The highest BCUT2D eigenvalue weighted by Gasteiger charge is 2.16. The van der Waals surface area contributed by atoms with Gasteiger partial charge in [0.05, 0.1) is 15.6 Å². The monoisotopic (exact) mass is 394 g/mol. The summed E-state index contributed by atoms with van der Waals surface area (Å²) in [6, 6.07) is 9.16. The van der Waals surface area contributed by atoms with Crippen molar-refractivity contribution >= 4 is 46.8 Å². The van der Waals surface area contributed by atoms with Gasteiger partial charge < -0.3 is 10.1 Å². The highest BCUT2D eigenvalue weighted by atomic mass is 35.5. The molecular formula is C18H16Cl2N2O4. The quantitative estimate of drug-likeness (QED) is 0.763. The Morgan fingerprint density at radius 3 is 2.46 bits per heavy atom. The number of amides is 3. The average molecular weight is 395 g/mol. The molecule has 0 aliphatic carbocycles. The van der Waals surface area contributed by atoms with Crippen LogP contribution >= 0.6 is 23.2 Å². The second-order valence-electron chi connectivity index (χ2n) is 5.43. The number of aryl methyl sites for hydroxylation is 1. The topological polar surface area (TPSA) is 84.5 Å². The molecule has 8 heteroatoms. The Hall–Kier alpha value is -2.57. The number of carbonyl (C=O) groups excluding carboxylic acids is 3. The Labute approximate surface area is 160 Å². The smallest absolute Gasteiger partial charge is 0.340 e. The lowest BCUT2D eigenvalue weighted by atomic mass is 10.1. The third-order valence-corrected chi connectivity index (χ3v) is 4.43. The van der Waals surface area contributed by atoms with E-state index in [0.29, 0.717) is 5.69 Å². The Morgan fingerprint density at radius 1 is 1.04 bits per heavy atom. The summed E-state index contributed by atoms with van der Waals surface area (Å²) in [4.78, 5) is 35.6. The van der Waals surface area contributed by atoms with Crippen LogP contribution in [0.25, 0.3) is 0 Å². The van der Waals surface area contributed by atoms with E-state index < -0.39 is 24.5 Å². The molecule has 0 aromatic heterocycles. The van der Waals surface area contributed by atoms with Crippen molar-refractivity contribution < 1.29 is 19.1 Å². The van der Waals surface area contributed by atoms with Gasteiger partial charge in [0.15, 0.2) is 6.61 Å². The van der Waals surface area contributed by atoms with Gasteiger partial charge in [-0.05, 0) is 43.2 Å². The van der Waals surface area contributed by atoms with Crippen LogP contribution in [0.1, 0.15) is 21.5 Å². The minimum Gasteiger partial charge on any atom is -0.452 e. The van der Waals surface area contributed by atoms with E-state index >= 15 is 0 Å². The number of hydrogen-bond donors (Lipinski definition) is 2. The molecule has 2 aromatic rings. The SMILES string of the molecule is Cc1cccc(NC(=O)NC(=O)COC(=O)c2cccc(Cl)c2Cl)c1C. The van der Waals surface area contributed by atoms with Gasteiger partial charge in [-0.25, -0.2) is 9.59 Å². The highest BCUT2D eigenvalue weighted by molar-refractivity contribution is 6.43. The molecule has 0 saturated heterocycles. The van der Waals surface area contributed by atoms with E-state index in [1.54, 1.807) is 12.1 Å². The van der Waals surface area contributed by atoms with Crippen LogP contribution in [0.5, 0.6) is 0 Å². The van der Waals surface area contributed by atoms with Crippen LogP contribution in [0.3, 0.4) is 0 Å². The molecule has 2 aromatic carbocycles.